The van der Waals surface area contributed by atoms with Gasteiger partial charge in [0.15, 0.2) is 0 Å². The molecule has 0 aromatic heterocycles. The first-order valence-electron chi connectivity index (χ1n) is 0.200. The molecule has 10 N–H and O–H groups in total. The van der Waals surface area contributed by atoms with Gasteiger partial charge in [0.1, 0.15) is 0 Å². The molecule has 0 rings (SSSR count). The fourth-order valence-corrected chi connectivity index (χ4v) is 0. The van der Waals surface area contributed by atoms with Crippen molar-refractivity contribution in [3.63, 3.8) is 0 Å². The van der Waals surface area contributed by atoms with E-state index in [1.165, 1.54) is 0 Å². The van der Waals surface area contributed by atoms with Crippen LogP contribution in [0.5, 0.6) is 0 Å². The first-order chi connectivity index (χ1) is 1.00. The molecule has 0 heterocycles. The van der Waals surface area contributed by atoms with Crippen LogP contribution in [0.4, 0.5) is 0 Å². The third-order valence-electron chi connectivity index (χ3n) is 0. The van der Waals surface area contributed by atoms with Gasteiger partial charge in [-0.1, -0.05) is 59.4 Å². The Kier molecular flexibility index (Phi) is 119000. The fourth-order valence-electron chi connectivity index (χ4n) is 0. The molecule has 11 heteroatoms. The first-order valence-corrected chi connectivity index (χ1v) is 0.200. The summed E-state index contributed by atoms with van der Waals surface area (Å²) in [4.78, 5) is 0. The summed E-state index contributed by atoms with van der Waals surface area (Å²) in [5.74, 6) is 0. The number of hydrogen-bond acceptors (Lipinski definition) is 4. The summed E-state index contributed by atoms with van der Waals surface area (Å²) < 4.78 is 0. The van der Waals surface area contributed by atoms with Gasteiger partial charge in [-0.3, -0.25) is 10.5 Å². The van der Waals surface area contributed by atoms with Crippen molar-refractivity contribution in [2.24, 2.45) is 0 Å². The molecule has 2 radical (unpaired) electrons. The molecule has 0 bridgehead atoms. The second kappa shape index (κ2) is 2160. The summed E-state index contributed by atoms with van der Waals surface area (Å²) in [6.45, 7) is 0. The minimum absolute atomic E-state index is 0. The molecule has 0 aliphatic heterocycles. The second-order valence-corrected chi connectivity index (χ2v) is 0. The molecule has 19 heavy (non-hydrogen) atoms. The fraction of sp³-hybridized carbons (Fsp3) is 1.00. The van der Waals surface area contributed by atoms with E-state index in [9.17, 15) is 0 Å². The van der Waals surface area contributed by atoms with Crippen molar-refractivity contribution in [3.05, 3.63) is 0 Å². The Bertz CT molecular complexity index is 29.1. The van der Waals surface area contributed by atoms with E-state index in [1.807, 2.05) is 0 Å². The predicted octanol–water partition coefficient (Wildman–Crippen LogP) is 2.27. The standard InChI is InChI=1S/8CH4.4Fe.H2O2.5H2O/c;;;;;;;;;;;;1-2;;;;;/h8*1H4;;;;;1-2H;5*1H2/q;;;;;;;;2*+2;2*+3;;;;;;/p-2. The average molecular weight is 474 g/mol. The van der Waals surface area contributed by atoms with Crippen LogP contribution in [-0.4, -0.2) is 37.9 Å². The molecule has 0 aliphatic carbocycles. The maximum Gasteiger partial charge on any atom is 3.00 e. The van der Waals surface area contributed by atoms with E-state index in [0.717, 1.165) is 0 Å². The Morgan fingerprint density at radius 1 is 0.368 bits per heavy atom. The SMILES string of the molecule is C.C.C.C.C.C.C.C.O.O.O.OO.[Fe+2].[Fe+2].[Fe+3].[Fe+3].[OH-].[OH-]. The van der Waals surface area contributed by atoms with E-state index in [1.54, 1.807) is 0 Å². The van der Waals surface area contributed by atoms with Gasteiger partial charge in [0.05, 0.1) is 0 Å². The molecule has 0 saturated carbocycles. The Hall–Kier alpha value is 1.80. The minimum Gasteiger partial charge on any atom is -0.870 e. The van der Waals surface area contributed by atoms with Crippen molar-refractivity contribution in [1.82, 2.24) is 0 Å². The molecule has 0 fully saturated rings. The maximum absolute atomic E-state index is 6.00. The molecule has 0 spiro atoms. The quantitative estimate of drug-likeness (QED) is 0.309. The smallest absolute Gasteiger partial charge is 0.870 e. The zero-order chi connectivity index (χ0) is 2.00. The van der Waals surface area contributed by atoms with Crippen LogP contribution in [0.15, 0.2) is 0 Å². The Labute approximate surface area is 165 Å². The van der Waals surface area contributed by atoms with Gasteiger partial charge in [0.2, 0.25) is 0 Å². The van der Waals surface area contributed by atoms with Crippen LogP contribution < -0.4 is 0 Å². The van der Waals surface area contributed by atoms with Crippen LogP contribution in [0.2, 0.25) is 0 Å². The van der Waals surface area contributed by atoms with Crippen molar-refractivity contribution >= 4 is 0 Å². The molecule has 0 saturated heterocycles. The van der Waals surface area contributed by atoms with Gasteiger partial charge < -0.3 is 27.4 Å². The summed E-state index contributed by atoms with van der Waals surface area (Å²) >= 11 is 0. The van der Waals surface area contributed by atoms with Crippen molar-refractivity contribution < 1.29 is 106 Å². The Morgan fingerprint density at radius 2 is 0.368 bits per heavy atom. The summed E-state index contributed by atoms with van der Waals surface area (Å²) in [6, 6.07) is 0. The number of rotatable bonds is 0. The van der Waals surface area contributed by atoms with Gasteiger partial charge in [-0.05, 0) is 0 Å². The van der Waals surface area contributed by atoms with Gasteiger partial charge >= 0.3 is 68.3 Å². The van der Waals surface area contributed by atoms with Gasteiger partial charge in [0, 0.05) is 0 Å². The summed E-state index contributed by atoms with van der Waals surface area (Å²) in [7, 11) is 0. The minimum atomic E-state index is 0. The largest absolute Gasteiger partial charge is 3.00 e. The summed E-state index contributed by atoms with van der Waals surface area (Å²) in [5, 5.41) is 12.0. The molecule has 0 aromatic carbocycles. The molecule has 0 amide bonds. The Balaban J connectivity index is -0.0000000000368. The van der Waals surface area contributed by atoms with Crippen LogP contribution in [-0.2, 0) is 68.3 Å². The third kappa shape index (κ3) is 1940. The Morgan fingerprint density at radius 3 is 0.368 bits per heavy atom. The molecular formula is C8H42Fe4O7+8. The van der Waals surface area contributed by atoms with Crippen molar-refractivity contribution in [3.8, 4) is 0 Å². The zero-order valence-corrected chi connectivity index (χ0v) is 9.12. The summed E-state index contributed by atoms with van der Waals surface area (Å²) in [5.41, 5.74) is 0. The van der Waals surface area contributed by atoms with Crippen LogP contribution in [0, 0.1) is 0 Å². The van der Waals surface area contributed by atoms with Crippen LogP contribution in [0.25, 0.3) is 0 Å². The maximum atomic E-state index is 6.00. The van der Waals surface area contributed by atoms with E-state index < -0.39 is 0 Å². The van der Waals surface area contributed by atoms with Gasteiger partial charge in [-0.25, -0.2) is 0 Å². The summed E-state index contributed by atoms with van der Waals surface area (Å²) in [6.07, 6.45) is 0. The predicted molar refractivity (Wildman–Crippen MR) is 73.8 cm³/mol. The molecule has 0 atom stereocenters. The van der Waals surface area contributed by atoms with Crippen LogP contribution >= 0.6 is 0 Å². The zero-order valence-electron chi connectivity index (χ0n) is 4.70. The monoisotopic (exact) mass is 474 g/mol. The van der Waals surface area contributed by atoms with Crippen LogP contribution in [0.1, 0.15) is 59.4 Å². The molecule has 0 unspecified atom stereocenters. The molecule has 140 valence electrons. The first kappa shape index (κ1) is 1040. The molecule has 0 aliphatic rings. The van der Waals surface area contributed by atoms with E-state index in [-0.39, 0.29) is 155 Å². The molecular weight excluding hydrogens is 431 g/mol. The number of hydrogen-bond donors (Lipinski definition) is 2. The van der Waals surface area contributed by atoms with Crippen molar-refractivity contribution in [2.75, 3.05) is 0 Å². The van der Waals surface area contributed by atoms with Crippen molar-refractivity contribution in [2.45, 2.75) is 59.4 Å². The topological polar surface area (TPSA) is 195 Å². The molecule has 7 nitrogen and oxygen atoms in total. The van der Waals surface area contributed by atoms with E-state index in [4.69, 9.17) is 10.5 Å². The van der Waals surface area contributed by atoms with E-state index >= 15 is 0 Å². The normalized spacial score (nSPS) is 0.316. The van der Waals surface area contributed by atoms with Gasteiger partial charge in [-0.15, -0.1) is 0 Å². The molecule has 0 aromatic rings. The second-order valence-electron chi connectivity index (χ2n) is 0. The van der Waals surface area contributed by atoms with E-state index in [2.05, 4.69) is 0 Å². The van der Waals surface area contributed by atoms with Crippen LogP contribution in [0.3, 0.4) is 0 Å². The van der Waals surface area contributed by atoms with Crippen molar-refractivity contribution in [1.29, 1.82) is 0 Å². The van der Waals surface area contributed by atoms with Gasteiger partial charge in [-0.2, -0.15) is 0 Å². The third-order valence-corrected chi connectivity index (χ3v) is 0. The van der Waals surface area contributed by atoms with Gasteiger partial charge in [0.25, 0.3) is 0 Å². The van der Waals surface area contributed by atoms with E-state index in [0.29, 0.717) is 0 Å². The average Bonchev–Trinajstić information content (AvgIpc) is 1.00.